The molecule has 2 N–H and O–H groups in total. The lowest BCUT2D eigenvalue weighted by atomic mass is 10.0. The van der Waals surface area contributed by atoms with E-state index in [0.29, 0.717) is 19.4 Å². The van der Waals surface area contributed by atoms with Gasteiger partial charge in [0.25, 0.3) is 0 Å². The zero-order valence-electron chi connectivity index (χ0n) is 14.8. The van der Waals surface area contributed by atoms with E-state index >= 15 is 0 Å². The van der Waals surface area contributed by atoms with Gasteiger partial charge in [-0.05, 0) is 48.9 Å². The first-order valence-electron chi connectivity index (χ1n) is 9.16. The van der Waals surface area contributed by atoms with E-state index in [1.807, 2.05) is 19.1 Å². The maximum atomic E-state index is 12.0. The van der Waals surface area contributed by atoms with E-state index in [9.17, 15) is 9.59 Å². The third-order valence-electron chi connectivity index (χ3n) is 4.59. The summed E-state index contributed by atoms with van der Waals surface area (Å²) in [6, 6.07) is 14.8. The van der Waals surface area contributed by atoms with Gasteiger partial charge in [0.2, 0.25) is 11.8 Å². The number of hydrogen-bond donors (Lipinski definition) is 2. The normalized spacial score (nSPS) is 14.9. The van der Waals surface area contributed by atoms with Gasteiger partial charge in [0.05, 0.1) is 0 Å². The van der Waals surface area contributed by atoms with E-state index in [1.54, 1.807) is 0 Å². The molecule has 25 heavy (non-hydrogen) atoms. The molecule has 132 valence electrons. The summed E-state index contributed by atoms with van der Waals surface area (Å²) in [5.41, 5.74) is 1.23. The van der Waals surface area contributed by atoms with E-state index in [4.69, 9.17) is 0 Å². The third-order valence-corrected chi connectivity index (χ3v) is 4.59. The van der Waals surface area contributed by atoms with Crippen LogP contribution in [0.15, 0.2) is 42.5 Å². The lowest BCUT2D eigenvalue weighted by Gasteiger charge is -2.14. The van der Waals surface area contributed by atoms with Gasteiger partial charge in [0, 0.05) is 24.9 Å². The largest absolute Gasteiger partial charge is 0.356 e. The summed E-state index contributed by atoms with van der Waals surface area (Å²) in [4.78, 5) is 23.5. The first kappa shape index (κ1) is 17.5. The molecule has 0 radical (unpaired) electrons. The van der Waals surface area contributed by atoms with Gasteiger partial charge in [0.1, 0.15) is 0 Å². The number of carbonyl (C=O) groups excluding carboxylic acids is 2. The van der Waals surface area contributed by atoms with Crippen molar-refractivity contribution < 1.29 is 9.59 Å². The summed E-state index contributed by atoms with van der Waals surface area (Å²) in [6.45, 7) is 2.61. The molecule has 2 aromatic rings. The van der Waals surface area contributed by atoms with Crippen molar-refractivity contribution >= 4 is 22.6 Å². The molecule has 1 saturated carbocycles. The maximum Gasteiger partial charge on any atom is 0.223 e. The van der Waals surface area contributed by atoms with Crippen LogP contribution in [0.5, 0.6) is 0 Å². The fourth-order valence-electron chi connectivity index (χ4n) is 3.07. The highest BCUT2D eigenvalue weighted by molar-refractivity contribution is 5.83. The third kappa shape index (κ3) is 5.31. The van der Waals surface area contributed by atoms with Crippen LogP contribution in [0.25, 0.3) is 10.8 Å². The second-order valence-electron chi connectivity index (χ2n) is 7.02. The Morgan fingerprint density at radius 1 is 1.12 bits per heavy atom. The average Bonchev–Trinajstić information content (AvgIpc) is 3.43. The molecule has 1 aliphatic carbocycles. The summed E-state index contributed by atoms with van der Waals surface area (Å²) >= 11 is 0. The number of carbonyl (C=O) groups is 2. The summed E-state index contributed by atoms with van der Waals surface area (Å²) in [5.74, 6) is 0.426. The zero-order chi connectivity index (χ0) is 17.6. The molecule has 1 unspecified atom stereocenters. The molecule has 1 atom stereocenters. The van der Waals surface area contributed by atoms with Gasteiger partial charge in [-0.1, -0.05) is 42.5 Å². The maximum absolute atomic E-state index is 12.0. The van der Waals surface area contributed by atoms with Crippen LogP contribution in [-0.2, 0) is 16.0 Å². The Balaban J connectivity index is 1.39. The molecule has 0 heterocycles. The van der Waals surface area contributed by atoms with Crippen molar-refractivity contribution in [1.29, 1.82) is 0 Å². The second kappa shape index (κ2) is 8.15. The van der Waals surface area contributed by atoms with Crippen LogP contribution < -0.4 is 10.6 Å². The molecule has 0 bridgehead atoms. The van der Waals surface area contributed by atoms with Crippen molar-refractivity contribution in [2.45, 2.75) is 45.1 Å². The molecule has 4 nitrogen and oxygen atoms in total. The molecule has 1 fully saturated rings. The SMILES string of the molecule is CC(Cc1ccc2ccccc2c1)NC(=O)CCCNC(=O)C1CC1. The van der Waals surface area contributed by atoms with Crippen LogP contribution in [0.2, 0.25) is 0 Å². The van der Waals surface area contributed by atoms with Crippen molar-refractivity contribution in [3.05, 3.63) is 48.0 Å². The predicted molar refractivity (Wildman–Crippen MR) is 100 cm³/mol. The monoisotopic (exact) mass is 338 g/mol. The Morgan fingerprint density at radius 2 is 1.88 bits per heavy atom. The van der Waals surface area contributed by atoms with Crippen molar-refractivity contribution in [1.82, 2.24) is 10.6 Å². The molecular weight excluding hydrogens is 312 g/mol. The van der Waals surface area contributed by atoms with E-state index in [2.05, 4.69) is 41.0 Å². The minimum Gasteiger partial charge on any atom is -0.356 e. The topological polar surface area (TPSA) is 58.2 Å². The van der Waals surface area contributed by atoms with Crippen LogP contribution in [-0.4, -0.2) is 24.4 Å². The number of nitrogens with one attached hydrogen (secondary N) is 2. The van der Waals surface area contributed by atoms with Crippen molar-refractivity contribution in [2.24, 2.45) is 5.92 Å². The van der Waals surface area contributed by atoms with E-state index in [0.717, 1.165) is 19.3 Å². The van der Waals surface area contributed by atoms with E-state index in [1.165, 1.54) is 16.3 Å². The summed E-state index contributed by atoms with van der Waals surface area (Å²) in [6.07, 6.45) is 3.98. The van der Waals surface area contributed by atoms with Crippen molar-refractivity contribution in [3.8, 4) is 0 Å². The lowest BCUT2D eigenvalue weighted by molar-refractivity contribution is -0.123. The Hall–Kier alpha value is -2.36. The molecule has 2 amide bonds. The Labute approximate surface area is 149 Å². The standard InChI is InChI=1S/C21H26N2O2/c1-15(13-16-8-9-17-5-2-3-6-19(17)14-16)23-20(24)7-4-12-22-21(25)18-10-11-18/h2-3,5-6,8-9,14-15,18H,4,7,10-13H2,1H3,(H,22,25)(H,23,24). The smallest absolute Gasteiger partial charge is 0.223 e. The number of hydrogen-bond acceptors (Lipinski definition) is 2. The van der Waals surface area contributed by atoms with Gasteiger partial charge < -0.3 is 10.6 Å². The highest BCUT2D eigenvalue weighted by atomic mass is 16.2. The number of amides is 2. The van der Waals surface area contributed by atoms with Crippen LogP contribution >= 0.6 is 0 Å². The molecule has 0 spiro atoms. The minimum absolute atomic E-state index is 0.0500. The molecular formula is C21H26N2O2. The van der Waals surface area contributed by atoms with Gasteiger partial charge in [-0.3, -0.25) is 9.59 Å². The van der Waals surface area contributed by atoms with Crippen LogP contribution in [0.3, 0.4) is 0 Å². The lowest BCUT2D eigenvalue weighted by Crippen LogP contribution is -2.34. The molecule has 4 heteroatoms. The van der Waals surface area contributed by atoms with Gasteiger partial charge in [-0.2, -0.15) is 0 Å². The van der Waals surface area contributed by atoms with Crippen molar-refractivity contribution in [3.63, 3.8) is 0 Å². The zero-order valence-corrected chi connectivity index (χ0v) is 14.8. The summed E-state index contributed by atoms with van der Waals surface area (Å²) in [7, 11) is 0. The fraction of sp³-hybridized carbons (Fsp3) is 0.429. The minimum atomic E-state index is 0.0500. The Morgan fingerprint density at radius 3 is 2.64 bits per heavy atom. The highest BCUT2D eigenvalue weighted by Gasteiger charge is 2.28. The quantitative estimate of drug-likeness (QED) is 0.726. The molecule has 2 aromatic carbocycles. The van der Waals surface area contributed by atoms with Crippen molar-refractivity contribution in [2.75, 3.05) is 6.54 Å². The Bertz CT molecular complexity index is 752. The molecule has 0 aliphatic heterocycles. The molecule has 1 aliphatic rings. The first-order chi connectivity index (χ1) is 12.1. The Kier molecular flexibility index (Phi) is 5.69. The van der Waals surface area contributed by atoms with E-state index < -0.39 is 0 Å². The summed E-state index contributed by atoms with van der Waals surface area (Å²) < 4.78 is 0. The van der Waals surface area contributed by atoms with E-state index in [-0.39, 0.29) is 23.8 Å². The van der Waals surface area contributed by atoms with Gasteiger partial charge in [-0.25, -0.2) is 0 Å². The fourth-order valence-corrected chi connectivity index (χ4v) is 3.07. The van der Waals surface area contributed by atoms with Crippen LogP contribution in [0, 0.1) is 5.92 Å². The highest BCUT2D eigenvalue weighted by Crippen LogP contribution is 2.28. The molecule has 0 saturated heterocycles. The van der Waals surface area contributed by atoms with Gasteiger partial charge in [-0.15, -0.1) is 0 Å². The van der Waals surface area contributed by atoms with Crippen LogP contribution in [0.1, 0.15) is 38.2 Å². The van der Waals surface area contributed by atoms with Gasteiger partial charge in [0.15, 0.2) is 0 Å². The predicted octanol–water partition coefficient (Wildman–Crippen LogP) is 3.19. The number of fused-ring (bicyclic) bond motifs is 1. The number of rotatable bonds is 8. The van der Waals surface area contributed by atoms with Gasteiger partial charge >= 0.3 is 0 Å². The molecule has 0 aromatic heterocycles. The van der Waals surface area contributed by atoms with Crippen LogP contribution in [0.4, 0.5) is 0 Å². The number of benzene rings is 2. The second-order valence-corrected chi connectivity index (χ2v) is 7.02. The first-order valence-corrected chi connectivity index (χ1v) is 9.16. The average molecular weight is 338 g/mol. The molecule has 3 rings (SSSR count). The summed E-state index contributed by atoms with van der Waals surface area (Å²) in [5, 5.41) is 8.40.